The standard InChI is InChI=1S/C24H28N4O4S/c1-17-21(16-33(30,31)20-10-13-28(2)14-11-20)26-24(32-17)22(19-9-6-12-25-15-19)27-23(29)18-7-4-3-5-8-18/h3-9,12,15,20,22H,10-11,13-14,16H2,1-2H3,(H,27,29). The van der Waals surface area contributed by atoms with Crippen molar-refractivity contribution in [1.82, 2.24) is 20.2 Å². The third kappa shape index (κ3) is 5.48. The lowest BCUT2D eigenvalue weighted by Crippen LogP contribution is -2.37. The number of likely N-dealkylation sites (tertiary alicyclic amines) is 1. The van der Waals surface area contributed by atoms with Crippen molar-refractivity contribution in [3.05, 3.63) is 83.3 Å². The average Bonchev–Trinajstić information content (AvgIpc) is 3.17. The molecule has 1 N–H and O–H groups in total. The van der Waals surface area contributed by atoms with Gasteiger partial charge in [0.25, 0.3) is 5.91 Å². The van der Waals surface area contributed by atoms with Crippen LogP contribution < -0.4 is 5.32 Å². The van der Waals surface area contributed by atoms with Crippen molar-refractivity contribution in [3.8, 4) is 0 Å². The van der Waals surface area contributed by atoms with E-state index in [4.69, 9.17) is 4.42 Å². The van der Waals surface area contributed by atoms with E-state index < -0.39 is 15.9 Å². The van der Waals surface area contributed by atoms with Crippen LogP contribution in [0.1, 0.15) is 52.1 Å². The van der Waals surface area contributed by atoms with Gasteiger partial charge in [-0.05, 0) is 58.1 Å². The molecule has 1 amide bonds. The first-order chi connectivity index (χ1) is 15.8. The molecule has 33 heavy (non-hydrogen) atoms. The largest absolute Gasteiger partial charge is 0.443 e. The molecule has 9 heteroatoms. The number of aromatic nitrogens is 2. The highest BCUT2D eigenvalue weighted by molar-refractivity contribution is 7.91. The Balaban J connectivity index is 1.59. The van der Waals surface area contributed by atoms with E-state index in [9.17, 15) is 13.2 Å². The van der Waals surface area contributed by atoms with Gasteiger partial charge in [0.2, 0.25) is 5.89 Å². The van der Waals surface area contributed by atoms with E-state index in [2.05, 4.69) is 20.2 Å². The predicted octanol–water partition coefficient (Wildman–Crippen LogP) is 2.91. The second kappa shape index (κ2) is 9.84. The predicted molar refractivity (Wildman–Crippen MR) is 124 cm³/mol. The van der Waals surface area contributed by atoms with Crippen molar-refractivity contribution < 1.29 is 17.6 Å². The fourth-order valence-corrected chi connectivity index (χ4v) is 5.81. The first-order valence-corrected chi connectivity index (χ1v) is 12.7. The number of benzene rings is 1. The van der Waals surface area contributed by atoms with E-state index in [1.165, 1.54) is 0 Å². The Morgan fingerprint density at radius 1 is 1.18 bits per heavy atom. The number of piperidine rings is 1. The number of amides is 1. The number of carbonyl (C=O) groups is 1. The summed E-state index contributed by atoms with van der Waals surface area (Å²) < 4.78 is 32.0. The van der Waals surface area contributed by atoms with Gasteiger partial charge in [-0.3, -0.25) is 9.78 Å². The number of pyridine rings is 1. The third-order valence-corrected chi connectivity index (χ3v) is 8.16. The van der Waals surface area contributed by atoms with E-state index in [1.807, 2.05) is 19.2 Å². The molecule has 2 aromatic heterocycles. The number of aryl methyl sites for hydroxylation is 1. The molecule has 8 nitrogen and oxygen atoms in total. The number of hydrogen-bond acceptors (Lipinski definition) is 7. The highest BCUT2D eigenvalue weighted by atomic mass is 32.2. The summed E-state index contributed by atoms with van der Waals surface area (Å²) in [5.41, 5.74) is 1.57. The van der Waals surface area contributed by atoms with Gasteiger partial charge >= 0.3 is 0 Å². The highest BCUT2D eigenvalue weighted by Gasteiger charge is 2.32. The molecule has 3 aromatic rings. The molecule has 1 aliphatic heterocycles. The summed E-state index contributed by atoms with van der Waals surface area (Å²) in [6, 6.07) is 11.7. The second-order valence-electron chi connectivity index (χ2n) is 8.42. The summed E-state index contributed by atoms with van der Waals surface area (Å²) in [6.45, 7) is 3.23. The summed E-state index contributed by atoms with van der Waals surface area (Å²) in [6.07, 6.45) is 4.51. The maximum Gasteiger partial charge on any atom is 0.252 e. The van der Waals surface area contributed by atoms with Gasteiger partial charge in [-0.15, -0.1) is 0 Å². The van der Waals surface area contributed by atoms with E-state index in [1.54, 1.807) is 49.6 Å². The fraction of sp³-hybridized carbons (Fsp3) is 0.375. The maximum atomic E-state index is 13.0. The number of nitrogens with zero attached hydrogens (tertiary/aromatic N) is 3. The van der Waals surface area contributed by atoms with E-state index in [0.29, 0.717) is 35.4 Å². The topological polar surface area (TPSA) is 105 Å². The molecule has 0 saturated carbocycles. The van der Waals surface area contributed by atoms with Gasteiger partial charge in [0.1, 0.15) is 11.8 Å². The molecule has 1 saturated heterocycles. The summed E-state index contributed by atoms with van der Waals surface area (Å²) in [7, 11) is -1.37. The second-order valence-corrected chi connectivity index (χ2v) is 10.7. The van der Waals surface area contributed by atoms with Gasteiger partial charge < -0.3 is 14.6 Å². The molecular weight excluding hydrogens is 440 g/mol. The molecule has 4 rings (SSSR count). The van der Waals surface area contributed by atoms with Crippen LogP contribution in [0.15, 0.2) is 59.3 Å². The lowest BCUT2D eigenvalue weighted by molar-refractivity contribution is 0.0937. The molecule has 1 aromatic carbocycles. The molecule has 0 spiro atoms. The zero-order valence-corrected chi connectivity index (χ0v) is 19.6. The number of hydrogen-bond donors (Lipinski definition) is 1. The van der Waals surface area contributed by atoms with Crippen LogP contribution in [-0.4, -0.2) is 54.6 Å². The average molecular weight is 469 g/mol. The van der Waals surface area contributed by atoms with Crippen molar-refractivity contribution in [2.45, 2.75) is 36.8 Å². The first kappa shape index (κ1) is 23.1. The van der Waals surface area contributed by atoms with Gasteiger partial charge in [-0.2, -0.15) is 0 Å². The summed E-state index contributed by atoms with van der Waals surface area (Å²) in [5, 5.41) is 2.57. The molecule has 1 aliphatic rings. The van der Waals surface area contributed by atoms with Crippen LogP contribution in [0.5, 0.6) is 0 Å². The summed E-state index contributed by atoms with van der Waals surface area (Å²) >= 11 is 0. The van der Waals surface area contributed by atoms with Crippen molar-refractivity contribution >= 4 is 15.7 Å². The molecular formula is C24H28N4O4S. The van der Waals surface area contributed by atoms with Gasteiger partial charge in [-0.1, -0.05) is 24.3 Å². The molecule has 174 valence electrons. The molecule has 1 atom stereocenters. The normalized spacial score (nSPS) is 16.4. The van der Waals surface area contributed by atoms with Crippen LogP contribution in [0.4, 0.5) is 0 Å². The Bertz CT molecular complexity index is 1190. The smallest absolute Gasteiger partial charge is 0.252 e. The lowest BCUT2D eigenvalue weighted by Gasteiger charge is -2.28. The number of nitrogens with one attached hydrogen (secondary N) is 1. The Morgan fingerprint density at radius 2 is 1.91 bits per heavy atom. The monoisotopic (exact) mass is 468 g/mol. The summed E-state index contributed by atoms with van der Waals surface area (Å²) in [5.74, 6) is 0.201. The van der Waals surface area contributed by atoms with Gasteiger partial charge in [-0.25, -0.2) is 13.4 Å². The summed E-state index contributed by atoms with van der Waals surface area (Å²) in [4.78, 5) is 23.7. The van der Waals surface area contributed by atoms with Crippen LogP contribution in [0.2, 0.25) is 0 Å². The molecule has 0 radical (unpaired) electrons. The van der Waals surface area contributed by atoms with Gasteiger partial charge in [0.15, 0.2) is 9.84 Å². The Morgan fingerprint density at radius 3 is 2.58 bits per heavy atom. The molecule has 1 unspecified atom stereocenters. The molecule has 0 bridgehead atoms. The maximum absolute atomic E-state index is 13.0. The number of sulfone groups is 1. The van der Waals surface area contributed by atoms with E-state index in [-0.39, 0.29) is 22.8 Å². The first-order valence-electron chi connectivity index (χ1n) is 11.0. The van der Waals surface area contributed by atoms with Crippen molar-refractivity contribution in [2.24, 2.45) is 0 Å². The van der Waals surface area contributed by atoms with Crippen LogP contribution in [-0.2, 0) is 15.6 Å². The van der Waals surface area contributed by atoms with Gasteiger partial charge in [0, 0.05) is 23.5 Å². The van der Waals surface area contributed by atoms with E-state index in [0.717, 1.165) is 13.1 Å². The van der Waals surface area contributed by atoms with E-state index >= 15 is 0 Å². The molecule has 1 fully saturated rings. The number of carbonyl (C=O) groups excluding carboxylic acids is 1. The minimum absolute atomic E-state index is 0.177. The van der Waals surface area contributed by atoms with Crippen molar-refractivity contribution in [3.63, 3.8) is 0 Å². The third-order valence-electron chi connectivity index (χ3n) is 6.00. The van der Waals surface area contributed by atoms with Crippen LogP contribution in [0, 0.1) is 6.92 Å². The van der Waals surface area contributed by atoms with Crippen molar-refractivity contribution in [1.29, 1.82) is 0 Å². The highest BCUT2D eigenvalue weighted by Crippen LogP contribution is 2.27. The Hall–Kier alpha value is -3.04. The van der Waals surface area contributed by atoms with Crippen molar-refractivity contribution in [2.75, 3.05) is 20.1 Å². The fourth-order valence-electron chi connectivity index (χ4n) is 4.00. The zero-order chi connectivity index (χ0) is 23.4. The van der Waals surface area contributed by atoms with Gasteiger partial charge in [0.05, 0.1) is 16.7 Å². The minimum atomic E-state index is -3.37. The molecule has 3 heterocycles. The minimum Gasteiger partial charge on any atom is -0.443 e. The molecule has 0 aliphatic carbocycles. The van der Waals surface area contributed by atoms with Crippen LogP contribution in [0.25, 0.3) is 0 Å². The lowest BCUT2D eigenvalue weighted by atomic mass is 10.1. The number of oxazole rings is 1. The number of rotatable bonds is 7. The Kier molecular flexibility index (Phi) is 6.90. The zero-order valence-electron chi connectivity index (χ0n) is 18.8. The van der Waals surface area contributed by atoms with Crippen LogP contribution in [0.3, 0.4) is 0 Å². The SMILES string of the molecule is Cc1oc(C(NC(=O)c2ccccc2)c2cccnc2)nc1CS(=O)(=O)C1CCN(C)CC1. The Labute approximate surface area is 194 Å². The van der Waals surface area contributed by atoms with Crippen LogP contribution >= 0.6 is 0 Å². The quantitative estimate of drug-likeness (QED) is 0.568.